The molecule has 1 atom stereocenters. The van der Waals surface area contributed by atoms with E-state index in [9.17, 15) is 14.4 Å². The molecule has 0 spiro atoms. The summed E-state index contributed by atoms with van der Waals surface area (Å²) >= 11 is 0. The fraction of sp³-hybridized carbons (Fsp3) is 0.625. The fourth-order valence-electron chi connectivity index (χ4n) is 6.26. The lowest BCUT2D eigenvalue weighted by atomic mass is 9.49. The van der Waals surface area contributed by atoms with Crippen LogP contribution in [-0.4, -0.2) is 42.4 Å². The van der Waals surface area contributed by atoms with E-state index in [1.807, 2.05) is 30.3 Å². The number of amides is 2. The Kier molecular flexibility index (Phi) is 5.85. The summed E-state index contributed by atoms with van der Waals surface area (Å²) in [6.45, 7) is 1.84. The van der Waals surface area contributed by atoms with Crippen LogP contribution in [0.15, 0.2) is 30.3 Å². The Morgan fingerprint density at radius 1 is 1.07 bits per heavy atom. The smallest absolute Gasteiger partial charge is 0.326 e. The molecule has 6 nitrogen and oxygen atoms in total. The van der Waals surface area contributed by atoms with Crippen LogP contribution in [0.25, 0.3) is 0 Å². The maximum Gasteiger partial charge on any atom is 0.326 e. The van der Waals surface area contributed by atoms with E-state index in [2.05, 4.69) is 5.32 Å². The van der Waals surface area contributed by atoms with Gasteiger partial charge in [0.2, 0.25) is 5.91 Å². The number of ether oxygens (including phenoxy) is 1. The first-order valence-corrected chi connectivity index (χ1v) is 11.1. The topological polar surface area (TPSA) is 75.7 Å². The fourth-order valence-corrected chi connectivity index (χ4v) is 6.26. The van der Waals surface area contributed by atoms with Gasteiger partial charge in [-0.15, -0.1) is 0 Å². The Morgan fingerprint density at radius 2 is 1.63 bits per heavy atom. The van der Waals surface area contributed by atoms with Crippen molar-refractivity contribution in [2.24, 2.45) is 23.2 Å². The molecule has 1 N–H and O–H groups in total. The molecule has 30 heavy (non-hydrogen) atoms. The summed E-state index contributed by atoms with van der Waals surface area (Å²) in [5, 5.41) is 2.81. The van der Waals surface area contributed by atoms with Crippen LogP contribution in [0.1, 0.15) is 51.0 Å². The van der Waals surface area contributed by atoms with Crippen LogP contribution in [0.4, 0.5) is 0 Å². The van der Waals surface area contributed by atoms with Crippen LogP contribution in [0.5, 0.6) is 0 Å². The summed E-state index contributed by atoms with van der Waals surface area (Å²) in [6, 6.07) is 9.65. The molecule has 4 aliphatic rings. The number of carbonyl (C=O) groups excluding carboxylic acids is 3. The van der Waals surface area contributed by atoms with Gasteiger partial charge >= 0.3 is 5.97 Å². The van der Waals surface area contributed by atoms with Gasteiger partial charge in [-0.2, -0.15) is 0 Å². The summed E-state index contributed by atoms with van der Waals surface area (Å²) in [6.07, 6.45) is 5.79. The zero-order valence-corrected chi connectivity index (χ0v) is 17.9. The van der Waals surface area contributed by atoms with Gasteiger partial charge in [0.15, 0.2) is 6.10 Å². The largest absolute Gasteiger partial charge is 0.451 e. The number of hydrogen-bond donors (Lipinski definition) is 1. The second-order valence-electron chi connectivity index (χ2n) is 9.69. The van der Waals surface area contributed by atoms with Crippen LogP contribution in [0, 0.1) is 23.2 Å². The first kappa shape index (κ1) is 20.9. The predicted octanol–water partition coefficient (Wildman–Crippen LogP) is 2.91. The van der Waals surface area contributed by atoms with E-state index in [1.54, 1.807) is 18.9 Å². The van der Waals surface area contributed by atoms with Gasteiger partial charge in [-0.05, 0) is 68.8 Å². The van der Waals surface area contributed by atoms with Gasteiger partial charge in [-0.1, -0.05) is 30.3 Å². The van der Waals surface area contributed by atoms with Crippen molar-refractivity contribution >= 4 is 17.8 Å². The number of nitrogens with one attached hydrogen (secondary N) is 1. The molecule has 0 unspecified atom stereocenters. The maximum absolute atomic E-state index is 12.9. The molecule has 0 saturated heterocycles. The minimum Gasteiger partial charge on any atom is -0.451 e. The van der Waals surface area contributed by atoms with Crippen LogP contribution >= 0.6 is 0 Å². The van der Waals surface area contributed by atoms with E-state index >= 15 is 0 Å². The summed E-state index contributed by atoms with van der Waals surface area (Å²) in [4.78, 5) is 39.3. The highest BCUT2D eigenvalue weighted by Crippen LogP contribution is 2.60. The average molecular weight is 413 g/mol. The molecule has 4 saturated carbocycles. The Morgan fingerprint density at radius 3 is 2.20 bits per heavy atom. The zero-order valence-electron chi connectivity index (χ0n) is 17.9. The van der Waals surface area contributed by atoms with Gasteiger partial charge in [0, 0.05) is 19.0 Å². The van der Waals surface area contributed by atoms with E-state index in [0.29, 0.717) is 24.3 Å². The third-order valence-corrected chi connectivity index (χ3v) is 7.21. The minimum atomic E-state index is -0.886. The van der Waals surface area contributed by atoms with Gasteiger partial charge in [0.1, 0.15) is 6.54 Å². The Labute approximate surface area is 178 Å². The number of rotatable bonds is 7. The van der Waals surface area contributed by atoms with Crippen molar-refractivity contribution < 1.29 is 19.1 Å². The molecule has 4 bridgehead atoms. The van der Waals surface area contributed by atoms with Crippen molar-refractivity contribution in [2.45, 2.75) is 58.1 Å². The van der Waals surface area contributed by atoms with Crippen LogP contribution in [0.2, 0.25) is 0 Å². The van der Waals surface area contributed by atoms with E-state index in [4.69, 9.17) is 4.74 Å². The lowest BCUT2D eigenvalue weighted by Crippen LogP contribution is -2.54. The van der Waals surface area contributed by atoms with E-state index in [0.717, 1.165) is 24.8 Å². The highest BCUT2D eigenvalue weighted by Gasteiger charge is 2.54. The van der Waals surface area contributed by atoms with E-state index < -0.39 is 12.1 Å². The molecule has 2 amide bonds. The van der Waals surface area contributed by atoms with Crippen molar-refractivity contribution in [2.75, 3.05) is 13.6 Å². The van der Waals surface area contributed by atoms with Crippen LogP contribution in [-0.2, 0) is 25.7 Å². The molecular formula is C24H32N2O4. The molecule has 6 heteroatoms. The number of carbonyl (C=O) groups is 3. The molecule has 4 aliphatic carbocycles. The number of esters is 1. The average Bonchev–Trinajstić information content (AvgIpc) is 2.71. The van der Waals surface area contributed by atoms with Gasteiger partial charge < -0.3 is 15.0 Å². The molecule has 5 rings (SSSR count). The molecule has 0 aliphatic heterocycles. The summed E-state index contributed by atoms with van der Waals surface area (Å²) < 4.78 is 5.30. The third-order valence-electron chi connectivity index (χ3n) is 7.21. The standard InChI is InChI=1S/C24H32N2O4/c1-16(22(28)26(2)15-17-6-4-3-5-7-17)30-21(27)14-25-23(29)24-11-18-8-19(12-24)10-20(9-18)13-24/h3-7,16,18-20H,8-15H2,1-2H3,(H,25,29)/t16-,18?,19?,20?,24?/m0/s1. The molecule has 1 aromatic carbocycles. The predicted molar refractivity (Wildman–Crippen MR) is 112 cm³/mol. The van der Waals surface area contributed by atoms with E-state index in [1.165, 1.54) is 19.3 Å². The Balaban J connectivity index is 1.24. The number of likely N-dealkylation sites (N-methyl/N-ethyl adjacent to an activating group) is 1. The van der Waals surface area contributed by atoms with Gasteiger partial charge in [0.25, 0.3) is 5.91 Å². The number of benzene rings is 1. The van der Waals surface area contributed by atoms with Crippen molar-refractivity contribution in [1.29, 1.82) is 0 Å². The minimum absolute atomic E-state index is 0.00118. The first-order chi connectivity index (χ1) is 14.3. The lowest BCUT2D eigenvalue weighted by molar-refractivity contribution is -0.159. The van der Waals surface area contributed by atoms with Crippen LogP contribution in [0.3, 0.4) is 0 Å². The Bertz CT molecular complexity index is 771. The number of nitrogens with zero attached hydrogens (tertiary/aromatic N) is 1. The maximum atomic E-state index is 12.9. The third kappa shape index (κ3) is 4.37. The molecule has 4 fully saturated rings. The molecular weight excluding hydrogens is 380 g/mol. The highest BCUT2D eigenvalue weighted by atomic mass is 16.5. The van der Waals surface area contributed by atoms with Crippen molar-refractivity contribution in [3.05, 3.63) is 35.9 Å². The van der Waals surface area contributed by atoms with Crippen molar-refractivity contribution in [3.63, 3.8) is 0 Å². The van der Waals surface area contributed by atoms with Crippen molar-refractivity contribution in [3.8, 4) is 0 Å². The summed E-state index contributed by atoms with van der Waals surface area (Å²) in [5.74, 6) is 1.19. The van der Waals surface area contributed by atoms with Gasteiger partial charge in [0.05, 0.1) is 0 Å². The highest BCUT2D eigenvalue weighted by molar-refractivity contribution is 5.88. The molecule has 1 aromatic rings. The lowest BCUT2D eigenvalue weighted by Gasteiger charge is -2.55. The van der Waals surface area contributed by atoms with Crippen molar-refractivity contribution in [1.82, 2.24) is 10.2 Å². The Hall–Kier alpha value is -2.37. The van der Waals surface area contributed by atoms with Gasteiger partial charge in [-0.25, -0.2) is 0 Å². The molecule has 162 valence electrons. The normalized spacial score (nSPS) is 29.9. The summed E-state index contributed by atoms with van der Waals surface area (Å²) in [5.41, 5.74) is 0.724. The number of hydrogen-bond acceptors (Lipinski definition) is 4. The SMILES string of the molecule is C[C@H](OC(=O)CNC(=O)C12CC3CC(CC(C3)C1)C2)C(=O)N(C)Cc1ccccc1. The van der Waals surface area contributed by atoms with Crippen LogP contribution < -0.4 is 5.32 Å². The first-order valence-electron chi connectivity index (χ1n) is 11.1. The quantitative estimate of drug-likeness (QED) is 0.699. The summed E-state index contributed by atoms with van der Waals surface area (Å²) in [7, 11) is 1.69. The molecule has 0 radical (unpaired) electrons. The molecule has 0 heterocycles. The molecule has 0 aromatic heterocycles. The van der Waals surface area contributed by atoms with E-state index in [-0.39, 0.29) is 23.8 Å². The monoisotopic (exact) mass is 412 g/mol. The zero-order chi connectivity index (χ0) is 21.3. The second kappa shape index (κ2) is 8.40. The van der Waals surface area contributed by atoms with Gasteiger partial charge in [-0.3, -0.25) is 14.4 Å². The second-order valence-corrected chi connectivity index (χ2v) is 9.69.